The van der Waals surface area contributed by atoms with Crippen LogP contribution in [-0.2, 0) is 23.7 Å². The van der Waals surface area contributed by atoms with E-state index in [0.717, 1.165) is 11.4 Å². The SMILES string of the molecule is Cc1c(/C=N/NC(=O)CCCC(=O)N/N=C/c2c(C)n(C)n(-c3ccccc3)c2=O)c(=O)n(-c2ccccc2)n1C. The third-order valence-corrected chi connectivity index (χ3v) is 6.77. The molecule has 0 aliphatic carbocycles. The molecule has 41 heavy (non-hydrogen) atoms. The van der Waals surface area contributed by atoms with Crippen LogP contribution in [-0.4, -0.2) is 43.0 Å². The summed E-state index contributed by atoms with van der Waals surface area (Å²) in [5.41, 5.74) is 7.83. The number of para-hydroxylation sites is 2. The second kappa shape index (κ2) is 12.7. The lowest BCUT2D eigenvalue weighted by atomic mass is 10.2. The van der Waals surface area contributed by atoms with Gasteiger partial charge in [0.1, 0.15) is 0 Å². The zero-order valence-electron chi connectivity index (χ0n) is 23.4. The topological polar surface area (TPSA) is 137 Å². The molecular weight excluding hydrogens is 524 g/mol. The highest BCUT2D eigenvalue weighted by Crippen LogP contribution is 2.10. The number of rotatable bonds is 10. The van der Waals surface area contributed by atoms with Crippen LogP contribution >= 0.6 is 0 Å². The zero-order valence-corrected chi connectivity index (χ0v) is 23.4. The Kier molecular flexibility index (Phi) is 8.92. The highest BCUT2D eigenvalue weighted by atomic mass is 16.2. The molecular formula is C29H32N8O4. The molecule has 0 unspecified atom stereocenters. The van der Waals surface area contributed by atoms with Gasteiger partial charge in [0.15, 0.2) is 0 Å². The molecule has 0 saturated carbocycles. The fourth-order valence-electron chi connectivity index (χ4n) is 4.33. The van der Waals surface area contributed by atoms with Crippen molar-refractivity contribution in [2.24, 2.45) is 24.3 Å². The minimum atomic E-state index is -0.393. The van der Waals surface area contributed by atoms with E-state index in [4.69, 9.17) is 0 Å². The number of hydrogen-bond donors (Lipinski definition) is 2. The first-order chi connectivity index (χ1) is 19.7. The Morgan fingerprint density at radius 3 is 1.41 bits per heavy atom. The van der Waals surface area contributed by atoms with E-state index in [2.05, 4.69) is 21.1 Å². The molecule has 2 N–H and O–H groups in total. The first-order valence-electron chi connectivity index (χ1n) is 13.0. The number of carbonyl (C=O) groups is 2. The maximum atomic E-state index is 12.9. The largest absolute Gasteiger partial charge is 0.285 e. The highest BCUT2D eigenvalue weighted by molar-refractivity contribution is 5.84. The van der Waals surface area contributed by atoms with Gasteiger partial charge < -0.3 is 0 Å². The summed E-state index contributed by atoms with van der Waals surface area (Å²) < 4.78 is 6.50. The van der Waals surface area contributed by atoms with Crippen molar-refractivity contribution in [1.29, 1.82) is 0 Å². The number of hydrazone groups is 2. The molecule has 2 amide bonds. The predicted molar refractivity (Wildman–Crippen MR) is 157 cm³/mol. The van der Waals surface area contributed by atoms with Gasteiger partial charge in [-0.2, -0.15) is 10.2 Å². The molecule has 12 heteroatoms. The van der Waals surface area contributed by atoms with Crippen LogP contribution in [0.2, 0.25) is 0 Å². The smallest absolute Gasteiger partial charge is 0.280 e. The van der Waals surface area contributed by atoms with E-state index < -0.39 is 11.8 Å². The van der Waals surface area contributed by atoms with E-state index in [0.29, 0.717) is 22.5 Å². The first-order valence-corrected chi connectivity index (χ1v) is 13.0. The van der Waals surface area contributed by atoms with Crippen molar-refractivity contribution in [2.75, 3.05) is 0 Å². The summed E-state index contributed by atoms with van der Waals surface area (Å²) in [6.45, 7) is 3.59. The Labute approximate surface area is 236 Å². The van der Waals surface area contributed by atoms with Crippen LogP contribution in [0, 0.1) is 13.8 Å². The van der Waals surface area contributed by atoms with E-state index in [9.17, 15) is 19.2 Å². The lowest BCUT2D eigenvalue weighted by Gasteiger charge is -2.07. The summed E-state index contributed by atoms with van der Waals surface area (Å²) in [4.78, 5) is 50.2. The highest BCUT2D eigenvalue weighted by Gasteiger charge is 2.16. The average molecular weight is 557 g/mol. The van der Waals surface area contributed by atoms with Crippen molar-refractivity contribution in [1.82, 2.24) is 29.6 Å². The standard InChI is InChI=1S/C29H32N8O4/c1-20-24(28(40)36(34(20)3)22-12-7-5-8-13-22)18-30-32-26(38)16-11-17-27(39)33-31-19-25-21(2)35(4)37(29(25)41)23-14-9-6-10-15-23/h5-10,12-15,18-19H,11,16-17H2,1-4H3,(H,32,38)(H,33,39)/b30-18+,31-19+. The van der Waals surface area contributed by atoms with Crippen LogP contribution in [0.4, 0.5) is 0 Å². The molecule has 0 aliphatic heterocycles. The lowest BCUT2D eigenvalue weighted by molar-refractivity contribution is -0.122. The Morgan fingerprint density at radius 2 is 1.05 bits per heavy atom. The summed E-state index contributed by atoms with van der Waals surface area (Å²) in [7, 11) is 3.55. The molecule has 2 heterocycles. The molecule has 0 saturated heterocycles. The van der Waals surface area contributed by atoms with Crippen LogP contribution < -0.4 is 22.0 Å². The number of carbonyl (C=O) groups excluding carboxylic acids is 2. The van der Waals surface area contributed by atoms with Gasteiger partial charge in [-0.3, -0.25) is 28.5 Å². The second-order valence-corrected chi connectivity index (χ2v) is 9.39. The summed E-state index contributed by atoms with van der Waals surface area (Å²) in [6, 6.07) is 18.4. The van der Waals surface area contributed by atoms with Crippen molar-refractivity contribution in [2.45, 2.75) is 33.1 Å². The van der Waals surface area contributed by atoms with Crippen LogP contribution in [0.15, 0.2) is 80.5 Å². The minimum Gasteiger partial charge on any atom is -0.285 e. The molecule has 4 aromatic rings. The average Bonchev–Trinajstić information content (AvgIpc) is 3.31. The van der Waals surface area contributed by atoms with Crippen molar-refractivity contribution in [3.8, 4) is 11.4 Å². The number of nitrogens with zero attached hydrogens (tertiary/aromatic N) is 6. The fraction of sp³-hybridized carbons (Fsp3) is 0.241. The summed E-state index contributed by atoms with van der Waals surface area (Å²) in [5, 5.41) is 7.86. The van der Waals surface area contributed by atoms with E-state index >= 15 is 0 Å². The molecule has 0 radical (unpaired) electrons. The quantitative estimate of drug-likeness (QED) is 0.228. The van der Waals surface area contributed by atoms with E-state index in [1.807, 2.05) is 60.7 Å². The van der Waals surface area contributed by atoms with Gasteiger partial charge in [0.25, 0.3) is 11.1 Å². The van der Waals surface area contributed by atoms with Gasteiger partial charge in [-0.25, -0.2) is 20.2 Å². The normalized spacial score (nSPS) is 11.4. The predicted octanol–water partition coefficient (Wildman–Crippen LogP) is 2.05. The van der Waals surface area contributed by atoms with E-state index in [1.54, 1.807) is 37.3 Å². The van der Waals surface area contributed by atoms with E-state index in [-0.39, 0.29) is 30.4 Å². The molecule has 4 rings (SSSR count). The fourth-order valence-corrected chi connectivity index (χ4v) is 4.33. The number of aromatic nitrogens is 4. The molecule has 0 atom stereocenters. The number of amides is 2. The monoisotopic (exact) mass is 556 g/mol. The minimum absolute atomic E-state index is 0.0517. The van der Waals surface area contributed by atoms with Crippen LogP contribution in [0.25, 0.3) is 11.4 Å². The molecule has 0 bridgehead atoms. The van der Waals surface area contributed by atoms with Gasteiger partial charge in [0.2, 0.25) is 11.8 Å². The maximum absolute atomic E-state index is 12.9. The van der Waals surface area contributed by atoms with Gasteiger partial charge in [-0.1, -0.05) is 36.4 Å². The van der Waals surface area contributed by atoms with Crippen molar-refractivity contribution >= 4 is 24.2 Å². The van der Waals surface area contributed by atoms with Crippen LogP contribution in [0.1, 0.15) is 41.8 Å². The Morgan fingerprint density at radius 1 is 0.683 bits per heavy atom. The molecule has 12 nitrogen and oxygen atoms in total. The maximum Gasteiger partial charge on any atom is 0.280 e. The second-order valence-electron chi connectivity index (χ2n) is 9.39. The molecule has 0 spiro atoms. The Bertz CT molecular complexity index is 1600. The number of nitrogens with one attached hydrogen (secondary N) is 2. The summed E-state index contributed by atoms with van der Waals surface area (Å²) >= 11 is 0. The first kappa shape index (κ1) is 28.7. The van der Waals surface area contributed by atoms with Gasteiger partial charge >= 0.3 is 0 Å². The Balaban J connectivity index is 1.27. The van der Waals surface area contributed by atoms with Crippen molar-refractivity contribution in [3.05, 3.63) is 104 Å². The molecule has 212 valence electrons. The van der Waals surface area contributed by atoms with Crippen LogP contribution in [0.3, 0.4) is 0 Å². The molecule has 0 aliphatic rings. The summed E-state index contributed by atoms with van der Waals surface area (Å²) in [6.07, 6.45) is 3.02. The number of benzene rings is 2. The zero-order chi connectivity index (χ0) is 29.5. The van der Waals surface area contributed by atoms with Gasteiger partial charge in [0, 0.05) is 38.3 Å². The van der Waals surface area contributed by atoms with Gasteiger partial charge in [-0.05, 0) is 44.5 Å². The summed E-state index contributed by atoms with van der Waals surface area (Å²) in [5.74, 6) is -0.785. The van der Waals surface area contributed by atoms with Gasteiger partial charge in [0.05, 0.1) is 34.9 Å². The lowest BCUT2D eigenvalue weighted by Crippen LogP contribution is -2.22. The number of hydrogen-bond acceptors (Lipinski definition) is 6. The van der Waals surface area contributed by atoms with E-state index in [1.165, 1.54) is 21.8 Å². The van der Waals surface area contributed by atoms with Crippen molar-refractivity contribution < 1.29 is 9.59 Å². The van der Waals surface area contributed by atoms with Gasteiger partial charge in [-0.15, -0.1) is 0 Å². The third kappa shape index (κ3) is 6.32. The third-order valence-electron chi connectivity index (χ3n) is 6.77. The Hall–Kier alpha value is -5.26. The molecule has 2 aromatic heterocycles. The molecule has 0 fully saturated rings. The van der Waals surface area contributed by atoms with Crippen LogP contribution in [0.5, 0.6) is 0 Å². The molecule has 2 aromatic carbocycles. The van der Waals surface area contributed by atoms with Crippen molar-refractivity contribution in [3.63, 3.8) is 0 Å².